The maximum atomic E-state index is 12.1. The molecular formula is C13H16N2O2. The molecule has 0 saturated carbocycles. The van der Waals surface area contributed by atoms with E-state index in [4.69, 9.17) is 0 Å². The van der Waals surface area contributed by atoms with Crippen LogP contribution >= 0.6 is 0 Å². The third-order valence-electron chi connectivity index (χ3n) is 3.21. The second kappa shape index (κ2) is 5.08. The maximum Gasteiger partial charge on any atom is 0.255 e. The summed E-state index contributed by atoms with van der Waals surface area (Å²) in [6.07, 6.45) is 4.49. The lowest BCUT2D eigenvalue weighted by molar-refractivity contribution is -0.125. The molecule has 2 rings (SSSR count). The van der Waals surface area contributed by atoms with Crippen molar-refractivity contribution >= 4 is 11.7 Å². The van der Waals surface area contributed by atoms with Crippen LogP contribution in [-0.2, 0) is 4.79 Å². The summed E-state index contributed by atoms with van der Waals surface area (Å²) in [6.45, 7) is 3.06. The van der Waals surface area contributed by atoms with Crippen LogP contribution in [0.1, 0.15) is 30.1 Å². The number of hydrogen-bond acceptors (Lipinski definition) is 3. The van der Waals surface area contributed by atoms with Gasteiger partial charge >= 0.3 is 0 Å². The van der Waals surface area contributed by atoms with E-state index in [1.54, 1.807) is 29.4 Å². The monoisotopic (exact) mass is 232 g/mol. The minimum Gasteiger partial charge on any atom is -0.337 e. The number of aromatic nitrogens is 1. The van der Waals surface area contributed by atoms with Gasteiger partial charge in [0.2, 0.25) is 0 Å². The highest BCUT2D eigenvalue weighted by molar-refractivity contribution is 5.95. The highest BCUT2D eigenvalue weighted by Crippen LogP contribution is 2.17. The first-order valence-electron chi connectivity index (χ1n) is 5.94. The summed E-state index contributed by atoms with van der Waals surface area (Å²) < 4.78 is 0. The quantitative estimate of drug-likeness (QED) is 0.776. The predicted molar refractivity (Wildman–Crippen MR) is 63.5 cm³/mol. The van der Waals surface area contributed by atoms with Crippen molar-refractivity contribution in [2.24, 2.45) is 5.92 Å². The van der Waals surface area contributed by atoms with Crippen LogP contribution in [0.2, 0.25) is 0 Å². The number of likely N-dealkylation sites (tertiary alicyclic amines) is 1. The Hall–Kier alpha value is -1.71. The van der Waals surface area contributed by atoms with Gasteiger partial charge in [-0.3, -0.25) is 14.6 Å². The fourth-order valence-corrected chi connectivity index (χ4v) is 2.12. The highest BCUT2D eigenvalue weighted by Gasteiger charge is 2.28. The minimum atomic E-state index is -0.0240. The van der Waals surface area contributed by atoms with E-state index >= 15 is 0 Å². The number of carbonyl (C=O) groups excluding carboxylic acids is 2. The molecule has 4 heteroatoms. The smallest absolute Gasteiger partial charge is 0.255 e. The van der Waals surface area contributed by atoms with Gasteiger partial charge in [-0.15, -0.1) is 0 Å². The van der Waals surface area contributed by atoms with Crippen molar-refractivity contribution in [2.45, 2.75) is 19.8 Å². The van der Waals surface area contributed by atoms with Gasteiger partial charge in [0, 0.05) is 37.8 Å². The van der Waals surface area contributed by atoms with Gasteiger partial charge in [-0.1, -0.05) is 6.92 Å². The van der Waals surface area contributed by atoms with E-state index in [0.29, 0.717) is 25.1 Å². The van der Waals surface area contributed by atoms with Gasteiger partial charge < -0.3 is 4.90 Å². The average molecular weight is 232 g/mol. The van der Waals surface area contributed by atoms with Gasteiger partial charge in [-0.25, -0.2) is 0 Å². The molecule has 1 aromatic rings. The van der Waals surface area contributed by atoms with Crippen LogP contribution < -0.4 is 0 Å². The fourth-order valence-electron chi connectivity index (χ4n) is 2.12. The zero-order valence-corrected chi connectivity index (χ0v) is 9.93. The van der Waals surface area contributed by atoms with Crippen LogP contribution in [0, 0.1) is 5.92 Å². The molecule has 0 radical (unpaired) electrons. The van der Waals surface area contributed by atoms with Crippen molar-refractivity contribution < 1.29 is 9.59 Å². The van der Waals surface area contributed by atoms with Gasteiger partial charge in [0.05, 0.1) is 5.56 Å². The Morgan fingerprint density at radius 2 is 2.41 bits per heavy atom. The number of amides is 1. The molecule has 1 aliphatic rings. The number of rotatable bonds is 2. The van der Waals surface area contributed by atoms with Crippen molar-refractivity contribution in [1.29, 1.82) is 0 Å². The van der Waals surface area contributed by atoms with Gasteiger partial charge in [-0.2, -0.15) is 0 Å². The average Bonchev–Trinajstić information content (AvgIpc) is 2.39. The molecule has 0 aliphatic carbocycles. The number of carbonyl (C=O) groups is 2. The normalized spacial score (nSPS) is 20.4. The van der Waals surface area contributed by atoms with Crippen LogP contribution in [0.3, 0.4) is 0 Å². The highest BCUT2D eigenvalue weighted by atomic mass is 16.2. The molecule has 0 aromatic carbocycles. The summed E-state index contributed by atoms with van der Waals surface area (Å²) in [5, 5.41) is 0. The summed E-state index contributed by atoms with van der Waals surface area (Å²) in [5.41, 5.74) is 0.594. The molecule has 1 aliphatic heterocycles. The van der Waals surface area contributed by atoms with Crippen LogP contribution in [0.25, 0.3) is 0 Å². The number of ketones is 1. The van der Waals surface area contributed by atoms with E-state index < -0.39 is 0 Å². The predicted octanol–water partition coefficient (Wildman–Crippen LogP) is 1.52. The third kappa shape index (κ3) is 2.52. The van der Waals surface area contributed by atoms with Crippen LogP contribution in [0.4, 0.5) is 0 Å². The van der Waals surface area contributed by atoms with Crippen LogP contribution in [0.15, 0.2) is 24.5 Å². The fraction of sp³-hybridized carbons (Fsp3) is 0.462. The molecule has 4 nitrogen and oxygen atoms in total. The zero-order valence-electron chi connectivity index (χ0n) is 9.93. The molecule has 1 aromatic heterocycles. The molecule has 0 N–H and O–H groups in total. The van der Waals surface area contributed by atoms with Gasteiger partial charge in [0.1, 0.15) is 5.78 Å². The Bertz CT molecular complexity index is 417. The lowest BCUT2D eigenvalue weighted by atomic mass is 9.94. The van der Waals surface area contributed by atoms with Crippen molar-refractivity contribution in [2.75, 3.05) is 13.1 Å². The molecule has 0 bridgehead atoms. The standard InChI is InChI=1S/C13H16N2O2/c1-2-10-9-15(7-5-12(10)16)13(17)11-4-3-6-14-8-11/h3-4,6,8,10H,2,5,7,9H2,1H3. The van der Waals surface area contributed by atoms with Crippen molar-refractivity contribution in [3.8, 4) is 0 Å². The molecule has 1 fully saturated rings. The van der Waals surface area contributed by atoms with E-state index in [1.165, 1.54) is 0 Å². The van der Waals surface area contributed by atoms with E-state index in [9.17, 15) is 9.59 Å². The second-order valence-corrected chi connectivity index (χ2v) is 4.31. The van der Waals surface area contributed by atoms with E-state index in [-0.39, 0.29) is 17.6 Å². The molecule has 1 unspecified atom stereocenters. The Morgan fingerprint density at radius 1 is 1.59 bits per heavy atom. The zero-order chi connectivity index (χ0) is 12.3. The molecule has 1 amide bonds. The molecule has 0 spiro atoms. The first-order valence-corrected chi connectivity index (χ1v) is 5.94. The Balaban J connectivity index is 2.09. The lowest BCUT2D eigenvalue weighted by Gasteiger charge is -2.31. The first kappa shape index (κ1) is 11.8. The van der Waals surface area contributed by atoms with E-state index in [0.717, 1.165) is 6.42 Å². The Labute approximate surface area is 101 Å². The van der Waals surface area contributed by atoms with E-state index in [1.807, 2.05) is 6.92 Å². The van der Waals surface area contributed by atoms with Crippen LogP contribution in [0.5, 0.6) is 0 Å². The lowest BCUT2D eigenvalue weighted by Crippen LogP contribution is -2.43. The summed E-state index contributed by atoms with van der Waals surface area (Å²) in [4.78, 5) is 29.4. The van der Waals surface area contributed by atoms with Crippen molar-refractivity contribution in [1.82, 2.24) is 9.88 Å². The molecule has 1 atom stereocenters. The second-order valence-electron chi connectivity index (χ2n) is 4.31. The number of piperidine rings is 1. The maximum absolute atomic E-state index is 12.1. The molecule has 1 saturated heterocycles. The van der Waals surface area contributed by atoms with Crippen molar-refractivity contribution in [3.05, 3.63) is 30.1 Å². The van der Waals surface area contributed by atoms with Crippen LogP contribution in [-0.4, -0.2) is 34.7 Å². The third-order valence-corrected chi connectivity index (χ3v) is 3.21. The molecule has 17 heavy (non-hydrogen) atoms. The molecule has 90 valence electrons. The SMILES string of the molecule is CCC1CN(C(=O)c2cccnc2)CCC1=O. The molecular weight excluding hydrogens is 216 g/mol. The summed E-state index contributed by atoms with van der Waals surface area (Å²) in [6, 6.07) is 3.51. The number of pyridine rings is 1. The Kier molecular flexibility index (Phi) is 3.52. The largest absolute Gasteiger partial charge is 0.337 e. The minimum absolute atomic E-state index is 0.00405. The summed E-state index contributed by atoms with van der Waals surface area (Å²) in [5.74, 6) is 0.260. The van der Waals surface area contributed by atoms with E-state index in [2.05, 4.69) is 4.98 Å². The summed E-state index contributed by atoms with van der Waals surface area (Å²) >= 11 is 0. The van der Waals surface area contributed by atoms with Gasteiger partial charge in [-0.05, 0) is 18.6 Å². The van der Waals surface area contributed by atoms with Crippen molar-refractivity contribution in [3.63, 3.8) is 0 Å². The number of hydrogen-bond donors (Lipinski definition) is 0. The summed E-state index contributed by atoms with van der Waals surface area (Å²) in [7, 11) is 0. The number of nitrogens with zero attached hydrogens (tertiary/aromatic N) is 2. The number of Topliss-reactive ketones (excluding diaryl/α,β-unsaturated/α-hetero) is 1. The topological polar surface area (TPSA) is 50.3 Å². The van der Waals surface area contributed by atoms with Gasteiger partial charge in [0.15, 0.2) is 0 Å². The first-order chi connectivity index (χ1) is 8.22. The van der Waals surface area contributed by atoms with Gasteiger partial charge in [0.25, 0.3) is 5.91 Å². The molecule has 2 heterocycles. The Morgan fingerprint density at radius 3 is 3.06 bits per heavy atom.